The molecule has 0 N–H and O–H groups in total. The number of methoxy groups -OCH3 is 2. The second-order valence-electron chi connectivity index (χ2n) is 3.55. The first-order chi connectivity index (χ1) is 8.21. The summed E-state index contributed by atoms with van der Waals surface area (Å²) in [7, 11) is 2.96. The van der Waals surface area contributed by atoms with Gasteiger partial charge in [0.2, 0.25) is 0 Å². The van der Waals surface area contributed by atoms with Gasteiger partial charge in [0.15, 0.2) is 5.69 Å². The van der Waals surface area contributed by atoms with Crippen LogP contribution in [0.4, 0.5) is 0 Å². The molecule has 0 bridgehead atoms. The Hall–Kier alpha value is -2.04. The molecular formula is C12H14N2O3. The normalized spacial score (nSPS) is 10.5. The number of aryl methyl sites for hydroxylation is 1. The van der Waals surface area contributed by atoms with Crippen molar-refractivity contribution in [1.82, 2.24) is 9.38 Å². The van der Waals surface area contributed by atoms with E-state index in [0.29, 0.717) is 23.5 Å². The third-order valence-corrected chi connectivity index (χ3v) is 2.62. The zero-order valence-corrected chi connectivity index (χ0v) is 10.1. The van der Waals surface area contributed by atoms with Crippen LogP contribution in [0.2, 0.25) is 0 Å². The average Bonchev–Trinajstić information content (AvgIpc) is 2.74. The Kier molecular flexibility index (Phi) is 2.99. The van der Waals surface area contributed by atoms with Crippen LogP contribution in [0.25, 0.3) is 5.65 Å². The molecule has 0 unspecified atom stereocenters. The van der Waals surface area contributed by atoms with Gasteiger partial charge in [0.25, 0.3) is 0 Å². The molecule has 2 aromatic rings. The zero-order valence-electron chi connectivity index (χ0n) is 10.1. The number of aromatic nitrogens is 2. The molecule has 0 atom stereocenters. The summed E-state index contributed by atoms with van der Waals surface area (Å²) in [4.78, 5) is 16.1. The fraction of sp³-hybridized carbons (Fsp3) is 0.333. The Morgan fingerprint density at radius 1 is 1.47 bits per heavy atom. The number of imidazole rings is 1. The standard InChI is InChI=1S/C12H14N2O3/c1-4-9-11(12(15)17-3)14-6-5-8(16-2)7-10(14)13-9/h5-7H,4H2,1-3H3. The van der Waals surface area contributed by atoms with Crippen LogP contribution in [0.3, 0.4) is 0 Å². The molecule has 0 aliphatic heterocycles. The summed E-state index contributed by atoms with van der Waals surface area (Å²) in [5.74, 6) is 0.334. The second-order valence-corrected chi connectivity index (χ2v) is 3.55. The van der Waals surface area contributed by atoms with E-state index >= 15 is 0 Å². The number of hydrogen-bond donors (Lipinski definition) is 0. The monoisotopic (exact) mass is 234 g/mol. The fourth-order valence-corrected chi connectivity index (χ4v) is 1.76. The highest BCUT2D eigenvalue weighted by Crippen LogP contribution is 2.19. The average molecular weight is 234 g/mol. The van der Waals surface area contributed by atoms with Gasteiger partial charge in [-0.15, -0.1) is 0 Å². The molecule has 0 radical (unpaired) electrons. The molecule has 2 heterocycles. The van der Waals surface area contributed by atoms with Gasteiger partial charge in [0.05, 0.1) is 19.9 Å². The van der Waals surface area contributed by atoms with Crippen molar-refractivity contribution in [3.8, 4) is 5.75 Å². The van der Waals surface area contributed by atoms with E-state index in [9.17, 15) is 4.79 Å². The number of carbonyl (C=O) groups excluding carboxylic acids is 1. The van der Waals surface area contributed by atoms with Crippen LogP contribution in [0.5, 0.6) is 5.75 Å². The third kappa shape index (κ3) is 1.84. The van der Waals surface area contributed by atoms with E-state index in [1.54, 1.807) is 29.8 Å². The zero-order chi connectivity index (χ0) is 12.4. The van der Waals surface area contributed by atoms with E-state index in [2.05, 4.69) is 4.98 Å². The van der Waals surface area contributed by atoms with E-state index in [4.69, 9.17) is 9.47 Å². The van der Waals surface area contributed by atoms with Gasteiger partial charge in [-0.25, -0.2) is 9.78 Å². The van der Waals surface area contributed by atoms with Gasteiger partial charge in [0.1, 0.15) is 11.4 Å². The van der Waals surface area contributed by atoms with Crippen molar-refractivity contribution in [3.63, 3.8) is 0 Å². The van der Waals surface area contributed by atoms with Gasteiger partial charge in [-0.3, -0.25) is 4.40 Å². The van der Waals surface area contributed by atoms with E-state index in [0.717, 1.165) is 5.69 Å². The van der Waals surface area contributed by atoms with E-state index < -0.39 is 0 Å². The molecule has 90 valence electrons. The minimum absolute atomic E-state index is 0.375. The first-order valence-electron chi connectivity index (χ1n) is 5.34. The first kappa shape index (κ1) is 11.4. The molecule has 0 aliphatic carbocycles. The lowest BCUT2D eigenvalue weighted by Crippen LogP contribution is -2.08. The minimum Gasteiger partial charge on any atom is -0.497 e. The number of rotatable bonds is 3. The third-order valence-electron chi connectivity index (χ3n) is 2.62. The van der Waals surface area contributed by atoms with Crippen molar-refractivity contribution in [3.05, 3.63) is 29.7 Å². The topological polar surface area (TPSA) is 52.8 Å². The number of ether oxygens (including phenoxy) is 2. The highest BCUT2D eigenvalue weighted by molar-refractivity contribution is 5.90. The molecule has 17 heavy (non-hydrogen) atoms. The van der Waals surface area contributed by atoms with E-state index in [-0.39, 0.29) is 5.97 Å². The molecule has 0 saturated heterocycles. The number of hydrogen-bond acceptors (Lipinski definition) is 4. The SMILES string of the molecule is CCc1nc2cc(OC)ccn2c1C(=O)OC. The highest BCUT2D eigenvalue weighted by atomic mass is 16.5. The Morgan fingerprint density at radius 2 is 2.24 bits per heavy atom. The Bertz CT molecular complexity index is 560. The lowest BCUT2D eigenvalue weighted by Gasteiger charge is -2.02. The summed E-state index contributed by atoms with van der Waals surface area (Å²) < 4.78 is 11.6. The van der Waals surface area contributed by atoms with Crippen molar-refractivity contribution in [2.24, 2.45) is 0 Å². The number of fused-ring (bicyclic) bond motifs is 1. The van der Waals surface area contributed by atoms with Crippen LogP contribution < -0.4 is 4.74 Å². The largest absolute Gasteiger partial charge is 0.497 e. The molecule has 0 aromatic carbocycles. The quantitative estimate of drug-likeness (QED) is 0.758. The molecule has 0 aliphatic rings. The van der Waals surface area contributed by atoms with Gasteiger partial charge in [0, 0.05) is 12.3 Å². The summed E-state index contributed by atoms with van der Waals surface area (Å²) in [6, 6.07) is 3.56. The predicted octanol–water partition coefficient (Wildman–Crippen LogP) is 1.69. The molecule has 5 heteroatoms. The summed E-state index contributed by atoms with van der Waals surface area (Å²) in [5, 5.41) is 0. The molecule has 0 spiro atoms. The van der Waals surface area contributed by atoms with Crippen molar-refractivity contribution >= 4 is 11.6 Å². The van der Waals surface area contributed by atoms with Crippen LogP contribution >= 0.6 is 0 Å². The van der Waals surface area contributed by atoms with Crippen molar-refractivity contribution < 1.29 is 14.3 Å². The van der Waals surface area contributed by atoms with E-state index in [1.807, 2.05) is 6.92 Å². The van der Waals surface area contributed by atoms with Gasteiger partial charge in [-0.1, -0.05) is 6.92 Å². The predicted molar refractivity (Wildman–Crippen MR) is 62.5 cm³/mol. The molecule has 0 amide bonds. The lowest BCUT2D eigenvalue weighted by molar-refractivity contribution is 0.0591. The number of carbonyl (C=O) groups is 1. The fourth-order valence-electron chi connectivity index (χ4n) is 1.76. The van der Waals surface area contributed by atoms with Crippen LogP contribution in [0, 0.1) is 0 Å². The van der Waals surface area contributed by atoms with Crippen molar-refractivity contribution in [2.75, 3.05) is 14.2 Å². The Labute approximate surface area is 99.0 Å². The van der Waals surface area contributed by atoms with Gasteiger partial charge < -0.3 is 9.47 Å². The molecule has 0 fully saturated rings. The Balaban J connectivity index is 2.67. The first-order valence-corrected chi connectivity index (χ1v) is 5.34. The highest BCUT2D eigenvalue weighted by Gasteiger charge is 2.18. The maximum Gasteiger partial charge on any atom is 0.357 e. The van der Waals surface area contributed by atoms with Gasteiger partial charge in [-0.2, -0.15) is 0 Å². The summed E-state index contributed by atoms with van der Waals surface area (Å²) in [6.45, 7) is 1.95. The van der Waals surface area contributed by atoms with Crippen molar-refractivity contribution in [1.29, 1.82) is 0 Å². The molecular weight excluding hydrogens is 220 g/mol. The molecule has 2 aromatic heterocycles. The number of pyridine rings is 1. The van der Waals surface area contributed by atoms with Crippen molar-refractivity contribution in [2.45, 2.75) is 13.3 Å². The van der Waals surface area contributed by atoms with Gasteiger partial charge in [-0.05, 0) is 12.5 Å². The number of esters is 1. The van der Waals surface area contributed by atoms with Gasteiger partial charge >= 0.3 is 5.97 Å². The smallest absolute Gasteiger partial charge is 0.357 e. The van der Waals surface area contributed by atoms with E-state index in [1.165, 1.54) is 7.11 Å². The maximum absolute atomic E-state index is 11.7. The number of nitrogens with zero attached hydrogens (tertiary/aromatic N) is 2. The van der Waals surface area contributed by atoms with Crippen LogP contribution in [0.15, 0.2) is 18.3 Å². The second kappa shape index (κ2) is 4.45. The maximum atomic E-state index is 11.7. The summed E-state index contributed by atoms with van der Waals surface area (Å²) in [6.07, 6.45) is 2.43. The van der Waals surface area contributed by atoms with Crippen LogP contribution in [0.1, 0.15) is 23.1 Å². The molecule has 5 nitrogen and oxygen atoms in total. The van der Waals surface area contributed by atoms with Crippen LogP contribution in [-0.2, 0) is 11.2 Å². The Morgan fingerprint density at radius 3 is 2.82 bits per heavy atom. The lowest BCUT2D eigenvalue weighted by atomic mass is 10.2. The summed E-state index contributed by atoms with van der Waals surface area (Å²) >= 11 is 0. The van der Waals surface area contributed by atoms with Crippen LogP contribution in [-0.4, -0.2) is 29.6 Å². The molecule has 2 rings (SSSR count). The molecule has 0 saturated carbocycles. The minimum atomic E-state index is -0.375. The summed E-state index contributed by atoms with van der Waals surface area (Å²) in [5.41, 5.74) is 1.89.